The first kappa shape index (κ1) is 20.8. The van der Waals surface area contributed by atoms with Gasteiger partial charge in [0, 0.05) is 18.8 Å². The summed E-state index contributed by atoms with van der Waals surface area (Å²) in [7, 11) is 1.39. The number of nitrogens with one attached hydrogen (secondary N) is 2. The van der Waals surface area contributed by atoms with E-state index in [9.17, 15) is 9.59 Å². The molecule has 0 aromatic heterocycles. The molecular formula is C15H30N2O3. The van der Waals surface area contributed by atoms with Crippen molar-refractivity contribution in [1.29, 1.82) is 0 Å². The maximum atomic E-state index is 10.3. The number of allylic oxidation sites excluding steroid dienone is 1. The highest BCUT2D eigenvalue weighted by atomic mass is 16.5. The predicted molar refractivity (Wildman–Crippen MR) is 82.2 cm³/mol. The zero-order valence-electron chi connectivity index (χ0n) is 13.3. The third-order valence-electron chi connectivity index (χ3n) is 2.43. The molecule has 0 atom stereocenters. The largest absolute Gasteiger partial charge is 0.469 e. The number of unbranched alkanes of at least 4 members (excludes halogenated alkanes) is 3. The highest BCUT2D eigenvalue weighted by molar-refractivity contribution is 5.71. The standard InChI is InChI=1S/C10H20N2O.C5H10O2/c1-10(2)12-8-6-4-3-5-7-11-9-13;1-4(2)5(6)7-3/h9,12H,1,3-8H2,2H3,(H,11,13);4H,1-3H3. The first-order valence-electron chi connectivity index (χ1n) is 7.09. The van der Waals surface area contributed by atoms with Crippen LogP contribution in [0.5, 0.6) is 0 Å². The number of amides is 1. The Morgan fingerprint density at radius 1 is 1.20 bits per heavy atom. The summed E-state index contributed by atoms with van der Waals surface area (Å²) in [6, 6.07) is 0. The fourth-order valence-corrected chi connectivity index (χ4v) is 1.30. The quantitative estimate of drug-likeness (QED) is 0.367. The Hall–Kier alpha value is -1.52. The van der Waals surface area contributed by atoms with Crippen molar-refractivity contribution in [2.75, 3.05) is 20.2 Å². The number of carbonyl (C=O) groups excluding carboxylic acids is 2. The van der Waals surface area contributed by atoms with Crippen molar-refractivity contribution in [2.24, 2.45) is 5.92 Å². The average molecular weight is 286 g/mol. The number of methoxy groups -OCH3 is 1. The van der Waals surface area contributed by atoms with Gasteiger partial charge in [-0.25, -0.2) is 0 Å². The smallest absolute Gasteiger partial charge is 0.308 e. The molecule has 0 aromatic carbocycles. The van der Waals surface area contributed by atoms with Gasteiger partial charge in [0.1, 0.15) is 0 Å². The zero-order valence-corrected chi connectivity index (χ0v) is 13.3. The Morgan fingerprint density at radius 2 is 1.75 bits per heavy atom. The Balaban J connectivity index is 0. The minimum Gasteiger partial charge on any atom is -0.469 e. The molecule has 0 aliphatic carbocycles. The summed E-state index contributed by atoms with van der Waals surface area (Å²) in [5, 5.41) is 5.83. The van der Waals surface area contributed by atoms with Crippen LogP contribution < -0.4 is 10.6 Å². The van der Waals surface area contributed by atoms with Crippen molar-refractivity contribution in [3.05, 3.63) is 12.3 Å². The summed E-state index contributed by atoms with van der Waals surface area (Å²) in [5.41, 5.74) is 1.03. The van der Waals surface area contributed by atoms with Crippen LogP contribution in [-0.4, -0.2) is 32.6 Å². The number of esters is 1. The van der Waals surface area contributed by atoms with Crippen LogP contribution in [0.15, 0.2) is 12.3 Å². The van der Waals surface area contributed by atoms with Crippen LogP contribution >= 0.6 is 0 Å². The van der Waals surface area contributed by atoms with Crippen LogP contribution in [0.3, 0.4) is 0 Å². The molecule has 0 aliphatic rings. The maximum absolute atomic E-state index is 10.3. The van der Waals surface area contributed by atoms with Crippen molar-refractivity contribution in [1.82, 2.24) is 10.6 Å². The van der Waals surface area contributed by atoms with Crippen LogP contribution in [0.4, 0.5) is 0 Å². The molecular weight excluding hydrogens is 256 g/mol. The predicted octanol–water partition coefficient (Wildman–Crippen LogP) is 2.23. The maximum Gasteiger partial charge on any atom is 0.308 e. The van der Waals surface area contributed by atoms with E-state index in [4.69, 9.17) is 0 Å². The van der Waals surface area contributed by atoms with Gasteiger partial charge in [0.25, 0.3) is 0 Å². The fraction of sp³-hybridized carbons (Fsp3) is 0.733. The van der Waals surface area contributed by atoms with E-state index < -0.39 is 0 Å². The van der Waals surface area contributed by atoms with Gasteiger partial charge in [-0.15, -0.1) is 0 Å². The number of hydrogen-bond donors (Lipinski definition) is 2. The van der Waals surface area contributed by atoms with Crippen LogP contribution in [0, 0.1) is 5.92 Å². The van der Waals surface area contributed by atoms with Gasteiger partial charge < -0.3 is 15.4 Å². The molecule has 2 N–H and O–H groups in total. The van der Waals surface area contributed by atoms with Gasteiger partial charge in [0.05, 0.1) is 13.0 Å². The summed E-state index contributed by atoms with van der Waals surface area (Å²) < 4.78 is 4.37. The lowest BCUT2D eigenvalue weighted by Gasteiger charge is -2.04. The van der Waals surface area contributed by atoms with Crippen LogP contribution in [-0.2, 0) is 14.3 Å². The van der Waals surface area contributed by atoms with E-state index in [0.29, 0.717) is 0 Å². The average Bonchev–Trinajstić information content (AvgIpc) is 2.41. The van der Waals surface area contributed by atoms with Crippen molar-refractivity contribution in [3.63, 3.8) is 0 Å². The van der Waals surface area contributed by atoms with E-state index in [-0.39, 0.29) is 11.9 Å². The van der Waals surface area contributed by atoms with E-state index in [2.05, 4.69) is 21.9 Å². The lowest BCUT2D eigenvalue weighted by atomic mass is 10.2. The first-order valence-corrected chi connectivity index (χ1v) is 7.09. The van der Waals surface area contributed by atoms with Gasteiger partial charge in [-0.1, -0.05) is 33.3 Å². The Morgan fingerprint density at radius 3 is 2.10 bits per heavy atom. The molecule has 0 fully saturated rings. The van der Waals surface area contributed by atoms with Crippen molar-refractivity contribution in [2.45, 2.75) is 46.5 Å². The topological polar surface area (TPSA) is 67.4 Å². The Kier molecular flexibility index (Phi) is 16.2. The van der Waals surface area contributed by atoms with E-state index in [1.165, 1.54) is 26.4 Å². The molecule has 0 radical (unpaired) electrons. The molecule has 0 saturated heterocycles. The molecule has 5 nitrogen and oxygen atoms in total. The summed E-state index contributed by atoms with van der Waals surface area (Å²) in [6.45, 7) is 11.1. The molecule has 0 bridgehead atoms. The first-order chi connectivity index (χ1) is 9.45. The second-order valence-corrected chi connectivity index (χ2v) is 4.87. The normalized spacial score (nSPS) is 9.25. The molecule has 0 heterocycles. The summed E-state index contributed by atoms with van der Waals surface area (Å²) in [5.74, 6) is -0.148. The number of carbonyl (C=O) groups is 2. The zero-order chi connectivity index (χ0) is 15.8. The molecule has 0 saturated carbocycles. The Bertz CT molecular complexity index is 266. The number of rotatable bonds is 10. The summed E-state index contributed by atoms with van der Waals surface area (Å²) >= 11 is 0. The molecule has 20 heavy (non-hydrogen) atoms. The van der Waals surface area contributed by atoms with Gasteiger partial charge >= 0.3 is 5.97 Å². The minimum atomic E-state index is -0.153. The van der Waals surface area contributed by atoms with Crippen molar-refractivity contribution >= 4 is 12.4 Å². The van der Waals surface area contributed by atoms with Crippen molar-refractivity contribution < 1.29 is 14.3 Å². The number of hydrogen-bond acceptors (Lipinski definition) is 4. The molecule has 0 rings (SSSR count). The van der Waals surface area contributed by atoms with Gasteiger partial charge in [0.2, 0.25) is 6.41 Å². The number of ether oxygens (including phenoxy) is 1. The third-order valence-corrected chi connectivity index (χ3v) is 2.43. The summed E-state index contributed by atoms with van der Waals surface area (Å²) in [6.07, 6.45) is 5.39. The minimum absolute atomic E-state index is 0.00463. The van der Waals surface area contributed by atoms with E-state index >= 15 is 0 Å². The molecule has 1 amide bonds. The molecule has 0 unspecified atom stereocenters. The summed E-state index contributed by atoms with van der Waals surface area (Å²) in [4.78, 5) is 20.2. The van der Waals surface area contributed by atoms with E-state index in [0.717, 1.165) is 31.6 Å². The van der Waals surface area contributed by atoms with E-state index in [1.54, 1.807) is 13.8 Å². The third kappa shape index (κ3) is 18.8. The highest BCUT2D eigenvalue weighted by Gasteiger charge is 2.03. The van der Waals surface area contributed by atoms with E-state index in [1.807, 2.05) is 6.92 Å². The van der Waals surface area contributed by atoms with Crippen LogP contribution in [0.2, 0.25) is 0 Å². The van der Waals surface area contributed by atoms with Crippen LogP contribution in [0.25, 0.3) is 0 Å². The second-order valence-electron chi connectivity index (χ2n) is 4.87. The fourth-order valence-electron chi connectivity index (χ4n) is 1.30. The SMILES string of the molecule is C=C(C)NCCCCCCNC=O.COC(=O)C(C)C. The molecule has 0 spiro atoms. The molecule has 0 aliphatic heterocycles. The Labute approximate surface area is 123 Å². The monoisotopic (exact) mass is 286 g/mol. The molecule has 5 heteroatoms. The highest BCUT2D eigenvalue weighted by Crippen LogP contribution is 1.97. The lowest BCUT2D eigenvalue weighted by Crippen LogP contribution is -2.13. The second kappa shape index (κ2) is 15.5. The lowest BCUT2D eigenvalue weighted by molar-refractivity contribution is -0.144. The van der Waals surface area contributed by atoms with Gasteiger partial charge in [-0.05, 0) is 19.8 Å². The van der Waals surface area contributed by atoms with Gasteiger partial charge in [0.15, 0.2) is 0 Å². The molecule has 0 aromatic rings. The van der Waals surface area contributed by atoms with Gasteiger partial charge in [-0.3, -0.25) is 9.59 Å². The van der Waals surface area contributed by atoms with Crippen LogP contribution in [0.1, 0.15) is 46.5 Å². The van der Waals surface area contributed by atoms with Gasteiger partial charge in [-0.2, -0.15) is 0 Å². The molecule has 118 valence electrons. The van der Waals surface area contributed by atoms with Crippen molar-refractivity contribution in [3.8, 4) is 0 Å².